The smallest absolute Gasteiger partial charge is 0.242 e. The summed E-state index contributed by atoms with van der Waals surface area (Å²) in [5.74, 6) is 1.43. The summed E-state index contributed by atoms with van der Waals surface area (Å²) < 4.78 is 5.00. The third-order valence-corrected chi connectivity index (χ3v) is 4.12. The summed E-state index contributed by atoms with van der Waals surface area (Å²) >= 11 is 1.76. The zero-order valence-electron chi connectivity index (χ0n) is 11.5. The van der Waals surface area contributed by atoms with Gasteiger partial charge >= 0.3 is 0 Å². The summed E-state index contributed by atoms with van der Waals surface area (Å²) in [6.45, 7) is 0.721. The minimum Gasteiger partial charge on any atom is -0.384 e. The van der Waals surface area contributed by atoms with Crippen molar-refractivity contribution in [2.24, 2.45) is 5.73 Å². The van der Waals surface area contributed by atoms with E-state index in [1.54, 1.807) is 25.9 Å². The van der Waals surface area contributed by atoms with Gasteiger partial charge in [0.15, 0.2) is 0 Å². The zero-order chi connectivity index (χ0) is 14.1. The standard InChI is InChI=1S/C14H22N2O2S/c1-16-14(13(15)17,8-10-19-11-9-18-2)12-6-4-3-5-7-12/h3-7,16H,8-11H2,1-2H3,(H2,15,17). The quantitative estimate of drug-likeness (QED) is 0.671. The molecule has 0 aliphatic carbocycles. The maximum atomic E-state index is 11.9. The maximum absolute atomic E-state index is 11.9. The van der Waals surface area contributed by atoms with Gasteiger partial charge in [0, 0.05) is 12.9 Å². The summed E-state index contributed by atoms with van der Waals surface area (Å²) in [6.07, 6.45) is 0.664. The van der Waals surface area contributed by atoms with Crippen LogP contribution in [-0.2, 0) is 15.1 Å². The molecular weight excluding hydrogens is 260 g/mol. The summed E-state index contributed by atoms with van der Waals surface area (Å²) in [6, 6.07) is 9.63. The number of ether oxygens (including phenoxy) is 1. The van der Waals surface area contributed by atoms with Crippen LogP contribution in [0.2, 0.25) is 0 Å². The van der Waals surface area contributed by atoms with E-state index >= 15 is 0 Å². The van der Waals surface area contributed by atoms with Gasteiger partial charge in [-0.15, -0.1) is 0 Å². The molecule has 19 heavy (non-hydrogen) atoms. The molecule has 4 nitrogen and oxygen atoms in total. The van der Waals surface area contributed by atoms with Crippen LogP contribution in [0, 0.1) is 0 Å². The number of hydrogen-bond donors (Lipinski definition) is 2. The van der Waals surface area contributed by atoms with Gasteiger partial charge in [-0.25, -0.2) is 0 Å². The fourth-order valence-electron chi connectivity index (χ4n) is 1.99. The fraction of sp³-hybridized carbons (Fsp3) is 0.500. The van der Waals surface area contributed by atoms with Crippen LogP contribution < -0.4 is 11.1 Å². The largest absolute Gasteiger partial charge is 0.384 e. The number of primary amides is 1. The Balaban J connectivity index is 2.74. The number of rotatable bonds is 9. The maximum Gasteiger partial charge on any atom is 0.242 e. The number of methoxy groups -OCH3 is 1. The molecule has 0 spiro atoms. The average Bonchev–Trinajstić information content (AvgIpc) is 2.44. The number of carbonyl (C=O) groups is 1. The van der Waals surface area contributed by atoms with Crippen molar-refractivity contribution in [3.05, 3.63) is 35.9 Å². The Labute approximate surface area is 119 Å². The summed E-state index contributed by atoms with van der Waals surface area (Å²) in [7, 11) is 3.46. The Morgan fingerprint density at radius 2 is 2.05 bits per heavy atom. The van der Waals surface area contributed by atoms with E-state index in [0.29, 0.717) is 6.42 Å². The number of nitrogens with two attached hydrogens (primary N) is 1. The minimum absolute atomic E-state index is 0.339. The van der Waals surface area contributed by atoms with Crippen molar-refractivity contribution in [3.8, 4) is 0 Å². The highest BCUT2D eigenvalue weighted by Gasteiger charge is 2.36. The first-order valence-corrected chi connectivity index (χ1v) is 7.44. The molecule has 0 aliphatic rings. The van der Waals surface area contributed by atoms with Gasteiger partial charge in [-0.05, 0) is 24.8 Å². The molecule has 1 aromatic rings. The van der Waals surface area contributed by atoms with Gasteiger partial charge < -0.3 is 15.8 Å². The van der Waals surface area contributed by atoms with E-state index in [1.165, 1.54) is 0 Å². The number of nitrogens with one attached hydrogen (secondary N) is 1. The number of benzene rings is 1. The third-order valence-electron chi connectivity index (χ3n) is 3.17. The van der Waals surface area contributed by atoms with E-state index < -0.39 is 5.54 Å². The van der Waals surface area contributed by atoms with E-state index in [2.05, 4.69) is 5.32 Å². The van der Waals surface area contributed by atoms with Gasteiger partial charge in [-0.2, -0.15) is 11.8 Å². The number of likely N-dealkylation sites (N-methyl/N-ethyl adjacent to an activating group) is 1. The molecule has 0 fully saturated rings. The second-order valence-corrected chi connectivity index (χ2v) is 5.47. The van der Waals surface area contributed by atoms with Crippen LogP contribution in [-0.4, -0.2) is 38.2 Å². The molecule has 0 aliphatic heterocycles. The van der Waals surface area contributed by atoms with Crippen LogP contribution in [0.3, 0.4) is 0 Å². The van der Waals surface area contributed by atoms with Crippen molar-refractivity contribution in [1.29, 1.82) is 0 Å². The lowest BCUT2D eigenvalue weighted by Crippen LogP contribution is -2.51. The molecule has 1 aromatic carbocycles. The van der Waals surface area contributed by atoms with Crippen LogP contribution in [0.25, 0.3) is 0 Å². The second-order valence-electron chi connectivity index (χ2n) is 4.24. The predicted molar refractivity (Wildman–Crippen MR) is 80.2 cm³/mol. The molecule has 0 saturated carbocycles. The molecule has 106 valence electrons. The molecule has 0 aromatic heterocycles. The molecule has 1 atom stereocenters. The van der Waals surface area contributed by atoms with Gasteiger partial charge in [0.05, 0.1) is 6.61 Å². The first-order chi connectivity index (χ1) is 9.17. The van der Waals surface area contributed by atoms with Crippen molar-refractivity contribution in [2.45, 2.75) is 12.0 Å². The SMILES string of the molecule is CNC(CCSCCOC)(C(N)=O)c1ccccc1. The lowest BCUT2D eigenvalue weighted by Gasteiger charge is -2.30. The van der Waals surface area contributed by atoms with Gasteiger partial charge in [0.1, 0.15) is 5.54 Å². The van der Waals surface area contributed by atoms with Crippen molar-refractivity contribution in [2.75, 3.05) is 32.3 Å². The van der Waals surface area contributed by atoms with Crippen molar-refractivity contribution < 1.29 is 9.53 Å². The molecule has 1 unspecified atom stereocenters. The number of thioether (sulfide) groups is 1. The third kappa shape index (κ3) is 4.23. The Bertz CT molecular complexity index is 386. The highest BCUT2D eigenvalue weighted by Crippen LogP contribution is 2.26. The van der Waals surface area contributed by atoms with E-state index in [1.807, 2.05) is 30.3 Å². The fourth-order valence-corrected chi connectivity index (χ4v) is 2.93. The van der Waals surface area contributed by atoms with Crippen LogP contribution in [0.5, 0.6) is 0 Å². The van der Waals surface area contributed by atoms with Gasteiger partial charge in [-0.1, -0.05) is 30.3 Å². The Hall–Kier alpha value is -1.04. The molecule has 5 heteroatoms. The Morgan fingerprint density at radius 1 is 1.37 bits per heavy atom. The van der Waals surface area contributed by atoms with Crippen LogP contribution in [0.1, 0.15) is 12.0 Å². The Morgan fingerprint density at radius 3 is 2.58 bits per heavy atom. The van der Waals surface area contributed by atoms with Crippen LogP contribution >= 0.6 is 11.8 Å². The lowest BCUT2D eigenvalue weighted by atomic mass is 9.86. The monoisotopic (exact) mass is 282 g/mol. The van der Waals surface area contributed by atoms with E-state index in [0.717, 1.165) is 23.7 Å². The van der Waals surface area contributed by atoms with Gasteiger partial charge in [0.25, 0.3) is 0 Å². The zero-order valence-corrected chi connectivity index (χ0v) is 12.3. The first kappa shape index (κ1) is 16.0. The highest BCUT2D eigenvalue weighted by atomic mass is 32.2. The minimum atomic E-state index is -0.790. The van der Waals surface area contributed by atoms with Crippen molar-refractivity contribution in [3.63, 3.8) is 0 Å². The molecule has 0 radical (unpaired) electrons. The van der Waals surface area contributed by atoms with Crippen LogP contribution in [0.4, 0.5) is 0 Å². The lowest BCUT2D eigenvalue weighted by molar-refractivity contribution is -0.124. The number of hydrogen-bond acceptors (Lipinski definition) is 4. The number of carbonyl (C=O) groups excluding carboxylic acids is 1. The van der Waals surface area contributed by atoms with Gasteiger partial charge in [-0.3, -0.25) is 4.79 Å². The van der Waals surface area contributed by atoms with E-state index in [-0.39, 0.29) is 5.91 Å². The summed E-state index contributed by atoms with van der Waals surface area (Å²) in [5, 5.41) is 3.10. The normalized spacial score (nSPS) is 14.0. The molecule has 0 saturated heterocycles. The molecule has 0 heterocycles. The average molecular weight is 282 g/mol. The second kappa shape index (κ2) is 8.19. The predicted octanol–water partition coefficient (Wildman–Crippen LogP) is 1.36. The van der Waals surface area contributed by atoms with Crippen molar-refractivity contribution in [1.82, 2.24) is 5.32 Å². The Kier molecular flexibility index (Phi) is 6.91. The topological polar surface area (TPSA) is 64.3 Å². The molecular formula is C14H22N2O2S. The van der Waals surface area contributed by atoms with Crippen molar-refractivity contribution >= 4 is 17.7 Å². The molecule has 1 amide bonds. The molecule has 1 rings (SSSR count). The number of amides is 1. The van der Waals surface area contributed by atoms with Gasteiger partial charge in [0.2, 0.25) is 5.91 Å². The van der Waals surface area contributed by atoms with E-state index in [9.17, 15) is 4.79 Å². The summed E-state index contributed by atoms with van der Waals surface area (Å²) in [4.78, 5) is 11.9. The first-order valence-electron chi connectivity index (χ1n) is 6.28. The van der Waals surface area contributed by atoms with Crippen LogP contribution in [0.15, 0.2) is 30.3 Å². The molecule has 3 N–H and O–H groups in total. The summed E-state index contributed by atoms with van der Waals surface area (Å²) in [5.41, 5.74) is 5.74. The van der Waals surface area contributed by atoms with E-state index in [4.69, 9.17) is 10.5 Å². The highest BCUT2D eigenvalue weighted by molar-refractivity contribution is 7.99. The molecule has 0 bridgehead atoms.